The van der Waals surface area contributed by atoms with Gasteiger partial charge < -0.3 is 9.15 Å². The summed E-state index contributed by atoms with van der Waals surface area (Å²) in [5.74, 6) is 1.12. The number of amides is 1. The van der Waals surface area contributed by atoms with Gasteiger partial charge in [-0.15, -0.1) is 0 Å². The summed E-state index contributed by atoms with van der Waals surface area (Å²) < 4.78 is 13.9. The van der Waals surface area contributed by atoms with Crippen molar-refractivity contribution in [3.63, 3.8) is 0 Å². The Morgan fingerprint density at radius 3 is 2.68 bits per heavy atom. The number of furan rings is 1. The quantitative estimate of drug-likeness (QED) is 0.319. The third-order valence-corrected chi connectivity index (χ3v) is 6.48. The van der Waals surface area contributed by atoms with E-state index < -0.39 is 0 Å². The Morgan fingerprint density at radius 1 is 1.16 bits per heavy atom. The standard InChI is InChI=1S/C23H17N3O3S2/c1-25-22(27)19(31-23(25)30)12-15-13-26(16-8-4-3-5-9-16)24-20(15)18-11-14-7-6-10-17(28-2)21(14)29-18/h3-13H,1-2H3/b19-12-. The first-order valence-corrected chi connectivity index (χ1v) is 10.7. The minimum atomic E-state index is -0.125. The van der Waals surface area contributed by atoms with Crippen LogP contribution in [0.1, 0.15) is 5.56 Å². The van der Waals surface area contributed by atoms with Gasteiger partial charge in [0.15, 0.2) is 17.1 Å². The first-order valence-electron chi connectivity index (χ1n) is 9.49. The van der Waals surface area contributed by atoms with Gasteiger partial charge in [0, 0.05) is 24.2 Å². The number of nitrogens with zero attached hydrogens (tertiary/aromatic N) is 3. The van der Waals surface area contributed by atoms with Gasteiger partial charge in [-0.2, -0.15) is 5.10 Å². The zero-order valence-corrected chi connectivity index (χ0v) is 18.4. The summed E-state index contributed by atoms with van der Waals surface area (Å²) >= 11 is 6.54. The lowest BCUT2D eigenvalue weighted by Gasteiger charge is -2.03. The van der Waals surface area contributed by atoms with E-state index in [2.05, 4.69) is 0 Å². The molecule has 0 atom stereocenters. The van der Waals surface area contributed by atoms with Gasteiger partial charge in [0.1, 0.15) is 10.0 Å². The van der Waals surface area contributed by atoms with Crippen molar-refractivity contribution in [3.8, 4) is 22.9 Å². The van der Waals surface area contributed by atoms with Gasteiger partial charge in [-0.1, -0.05) is 54.3 Å². The van der Waals surface area contributed by atoms with E-state index in [1.54, 1.807) is 18.8 Å². The van der Waals surface area contributed by atoms with Crippen LogP contribution in [0, 0.1) is 0 Å². The van der Waals surface area contributed by atoms with Crippen LogP contribution < -0.4 is 4.74 Å². The first kappa shape index (κ1) is 19.6. The highest BCUT2D eigenvalue weighted by Crippen LogP contribution is 2.37. The number of rotatable bonds is 4. The van der Waals surface area contributed by atoms with Gasteiger partial charge in [0.25, 0.3) is 5.91 Å². The Balaban J connectivity index is 1.68. The van der Waals surface area contributed by atoms with Crippen LogP contribution in [0.4, 0.5) is 0 Å². The van der Waals surface area contributed by atoms with E-state index in [-0.39, 0.29) is 5.91 Å². The third kappa shape index (κ3) is 3.43. The third-order valence-electron chi connectivity index (χ3n) is 5.00. The van der Waals surface area contributed by atoms with E-state index in [4.69, 9.17) is 26.5 Å². The number of hydrogen-bond donors (Lipinski definition) is 0. The molecule has 4 aromatic rings. The number of likely N-dealkylation sites (N-methyl/N-ethyl adjacent to an activating group) is 1. The number of carbonyl (C=O) groups is 1. The number of fused-ring (bicyclic) bond motifs is 1. The van der Waals surface area contributed by atoms with Crippen molar-refractivity contribution in [1.29, 1.82) is 0 Å². The van der Waals surface area contributed by atoms with Crippen molar-refractivity contribution in [2.45, 2.75) is 0 Å². The molecule has 0 unspecified atom stereocenters. The molecule has 1 saturated heterocycles. The monoisotopic (exact) mass is 447 g/mol. The Morgan fingerprint density at radius 2 is 1.97 bits per heavy atom. The smallest absolute Gasteiger partial charge is 0.265 e. The molecule has 0 saturated carbocycles. The number of ether oxygens (including phenoxy) is 1. The fourth-order valence-electron chi connectivity index (χ4n) is 3.40. The van der Waals surface area contributed by atoms with Gasteiger partial charge in [0.05, 0.1) is 17.7 Å². The second-order valence-electron chi connectivity index (χ2n) is 6.94. The average Bonchev–Trinajstić information content (AvgIpc) is 3.47. The molecule has 154 valence electrons. The predicted octanol–water partition coefficient (Wildman–Crippen LogP) is 5.13. The number of hydrogen-bond acceptors (Lipinski definition) is 6. The van der Waals surface area contributed by atoms with Crippen molar-refractivity contribution < 1.29 is 13.9 Å². The minimum Gasteiger partial charge on any atom is -0.493 e. The molecular formula is C23H17N3O3S2. The molecule has 2 aromatic carbocycles. The number of thiocarbonyl (C=S) groups is 1. The summed E-state index contributed by atoms with van der Waals surface area (Å²) in [6, 6.07) is 17.4. The highest BCUT2D eigenvalue weighted by molar-refractivity contribution is 8.26. The molecule has 31 heavy (non-hydrogen) atoms. The largest absolute Gasteiger partial charge is 0.493 e. The highest BCUT2D eigenvalue weighted by Gasteiger charge is 2.29. The van der Waals surface area contributed by atoms with Crippen molar-refractivity contribution in [1.82, 2.24) is 14.7 Å². The Hall–Kier alpha value is -3.36. The topological polar surface area (TPSA) is 60.5 Å². The number of para-hydroxylation sites is 2. The molecule has 1 amide bonds. The number of thioether (sulfide) groups is 1. The van der Waals surface area contributed by atoms with Gasteiger partial charge in [-0.05, 0) is 30.3 Å². The zero-order valence-electron chi connectivity index (χ0n) is 16.7. The van der Waals surface area contributed by atoms with E-state index in [0.717, 1.165) is 16.6 Å². The Kier molecular flexibility index (Phi) is 4.88. The summed E-state index contributed by atoms with van der Waals surface area (Å²) in [5.41, 5.74) is 2.94. The maximum atomic E-state index is 12.6. The summed E-state index contributed by atoms with van der Waals surface area (Å²) in [4.78, 5) is 14.6. The summed E-state index contributed by atoms with van der Waals surface area (Å²) in [6.07, 6.45) is 3.70. The van der Waals surface area contributed by atoms with Crippen molar-refractivity contribution in [2.75, 3.05) is 14.2 Å². The summed E-state index contributed by atoms with van der Waals surface area (Å²) in [5, 5.41) is 5.69. The Labute approximate surface area is 188 Å². The van der Waals surface area contributed by atoms with Crippen LogP contribution >= 0.6 is 24.0 Å². The van der Waals surface area contributed by atoms with Gasteiger partial charge in [-0.25, -0.2) is 4.68 Å². The lowest BCUT2D eigenvalue weighted by atomic mass is 10.1. The maximum absolute atomic E-state index is 12.6. The number of benzene rings is 2. The van der Waals surface area contributed by atoms with Gasteiger partial charge in [-0.3, -0.25) is 9.69 Å². The molecule has 0 bridgehead atoms. The molecule has 0 radical (unpaired) electrons. The molecule has 0 aliphatic carbocycles. The van der Waals surface area contributed by atoms with Crippen molar-refractivity contribution in [2.24, 2.45) is 0 Å². The molecule has 1 aliphatic heterocycles. The van der Waals surface area contributed by atoms with Crippen molar-refractivity contribution >= 4 is 51.3 Å². The highest BCUT2D eigenvalue weighted by atomic mass is 32.2. The summed E-state index contributed by atoms with van der Waals surface area (Å²) in [6.45, 7) is 0. The van der Waals surface area contributed by atoms with Crippen LogP contribution in [0.3, 0.4) is 0 Å². The molecule has 2 aromatic heterocycles. The lowest BCUT2D eigenvalue weighted by Crippen LogP contribution is -2.22. The molecule has 5 rings (SSSR count). The number of methoxy groups -OCH3 is 1. The fourth-order valence-corrected chi connectivity index (χ4v) is 4.57. The second-order valence-corrected chi connectivity index (χ2v) is 8.62. The van der Waals surface area contributed by atoms with E-state index in [9.17, 15) is 4.79 Å². The second kappa shape index (κ2) is 7.72. The molecule has 1 fully saturated rings. The molecule has 1 aliphatic rings. The van der Waals surface area contributed by atoms with E-state index >= 15 is 0 Å². The lowest BCUT2D eigenvalue weighted by molar-refractivity contribution is -0.121. The predicted molar refractivity (Wildman–Crippen MR) is 126 cm³/mol. The van der Waals surface area contributed by atoms with Crippen LogP contribution in [0.15, 0.2) is 70.1 Å². The Bertz CT molecular complexity index is 1360. The maximum Gasteiger partial charge on any atom is 0.265 e. The minimum absolute atomic E-state index is 0.125. The zero-order chi connectivity index (χ0) is 21.5. The van der Waals surface area contributed by atoms with E-state index in [0.29, 0.717) is 32.0 Å². The first-order chi connectivity index (χ1) is 15.0. The average molecular weight is 448 g/mol. The molecular weight excluding hydrogens is 430 g/mol. The van der Waals surface area contributed by atoms with Crippen LogP contribution in [0.25, 0.3) is 34.2 Å². The van der Waals surface area contributed by atoms with Gasteiger partial charge in [0.2, 0.25) is 0 Å². The van der Waals surface area contributed by atoms with E-state index in [1.807, 2.05) is 66.9 Å². The molecule has 3 heterocycles. The van der Waals surface area contributed by atoms with Gasteiger partial charge >= 0.3 is 0 Å². The van der Waals surface area contributed by atoms with E-state index in [1.165, 1.54) is 16.7 Å². The van der Waals surface area contributed by atoms with Crippen LogP contribution in [0.2, 0.25) is 0 Å². The van der Waals surface area contributed by atoms with Crippen LogP contribution in [-0.2, 0) is 4.79 Å². The summed E-state index contributed by atoms with van der Waals surface area (Å²) in [7, 11) is 3.29. The van der Waals surface area contributed by atoms with Crippen LogP contribution in [-0.4, -0.2) is 39.1 Å². The van der Waals surface area contributed by atoms with Crippen LogP contribution in [0.5, 0.6) is 5.75 Å². The van der Waals surface area contributed by atoms with Crippen molar-refractivity contribution in [3.05, 3.63) is 71.3 Å². The number of aromatic nitrogens is 2. The molecule has 6 nitrogen and oxygen atoms in total. The molecule has 0 spiro atoms. The molecule has 0 N–H and O–H groups in total. The SMILES string of the molecule is COc1cccc2cc(-c3nn(-c4ccccc4)cc3/C=C3\SC(=S)N(C)C3=O)oc12. The molecule has 8 heteroatoms. The number of carbonyl (C=O) groups excluding carboxylic acids is 1. The fraction of sp³-hybridized carbons (Fsp3) is 0.0870. The normalized spacial score (nSPS) is 15.4.